The second kappa shape index (κ2) is 7.14. The molecule has 1 aromatic rings. The predicted octanol–water partition coefficient (Wildman–Crippen LogP) is 2.28. The zero-order valence-corrected chi connectivity index (χ0v) is 11.9. The van der Waals surface area contributed by atoms with E-state index < -0.39 is 17.8 Å². The van der Waals surface area contributed by atoms with E-state index in [1.165, 1.54) is 17.0 Å². The van der Waals surface area contributed by atoms with Crippen LogP contribution < -0.4 is 5.32 Å². The molecule has 1 atom stereocenters. The van der Waals surface area contributed by atoms with E-state index in [1.807, 2.05) is 0 Å². The number of benzene rings is 1. The third-order valence-corrected chi connectivity index (χ3v) is 3.15. The Bertz CT molecular complexity index is 534. The average Bonchev–Trinajstić information content (AvgIpc) is 2.43. The van der Waals surface area contributed by atoms with Crippen LogP contribution in [0.3, 0.4) is 0 Å². The van der Waals surface area contributed by atoms with Crippen LogP contribution in [-0.2, 0) is 17.5 Å². The molecule has 3 nitrogen and oxygen atoms in total. The molecule has 0 saturated heterocycles. The van der Waals surface area contributed by atoms with Crippen LogP contribution in [0.2, 0.25) is 0 Å². The van der Waals surface area contributed by atoms with Crippen molar-refractivity contribution in [3.63, 3.8) is 0 Å². The van der Waals surface area contributed by atoms with Crippen LogP contribution in [-0.4, -0.2) is 30.4 Å². The van der Waals surface area contributed by atoms with Crippen LogP contribution in [0.25, 0.3) is 0 Å². The first-order chi connectivity index (χ1) is 9.77. The number of hydrogen-bond acceptors (Lipinski definition) is 2. The third kappa shape index (κ3) is 4.80. The van der Waals surface area contributed by atoms with Crippen LogP contribution in [0, 0.1) is 12.3 Å². The summed E-state index contributed by atoms with van der Waals surface area (Å²) in [6.45, 7) is 1.72. The number of carbonyl (C=O) groups is 1. The van der Waals surface area contributed by atoms with Crippen LogP contribution in [0.15, 0.2) is 24.3 Å². The van der Waals surface area contributed by atoms with Gasteiger partial charge in [-0.25, -0.2) is 0 Å². The molecule has 0 aliphatic carbocycles. The molecule has 6 heteroatoms. The number of alkyl halides is 3. The van der Waals surface area contributed by atoms with Crippen LogP contribution in [0.4, 0.5) is 13.2 Å². The number of likely N-dealkylation sites (N-methyl/N-ethyl adjacent to an activating group) is 1. The number of halogens is 3. The van der Waals surface area contributed by atoms with E-state index in [4.69, 9.17) is 6.42 Å². The number of nitrogens with zero attached hydrogens (tertiary/aromatic N) is 1. The van der Waals surface area contributed by atoms with Crippen molar-refractivity contribution < 1.29 is 18.0 Å². The maximum atomic E-state index is 12.9. The van der Waals surface area contributed by atoms with Gasteiger partial charge in [0.2, 0.25) is 5.91 Å². The molecule has 0 fully saturated rings. The number of rotatable bonds is 5. The van der Waals surface area contributed by atoms with Crippen LogP contribution >= 0.6 is 0 Å². The van der Waals surface area contributed by atoms with Crippen molar-refractivity contribution in [2.24, 2.45) is 0 Å². The number of carbonyl (C=O) groups excluding carboxylic acids is 1. The molecular formula is C15H17F3N2O. The predicted molar refractivity (Wildman–Crippen MR) is 74.2 cm³/mol. The molecule has 1 aromatic carbocycles. The molecule has 1 amide bonds. The van der Waals surface area contributed by atoms with Gasteiger partial charge >= 0.3 is 6.18 Å². The summed E-state index contributed by atoms with van der Waals surface area (Å²) in [6.07, 6.45) is 0.631. The van der Waals surface area contributed by atoms with Crippen molar-refractivity contribution in [3.05, 3.63) is 35.4 Å². The fourth-order valence-corrected chi connectivity index (χ4v) is 1.83. The minimum absolute atomic E-state index is 0.0142. The van der Waals surface area contributed by atoms with E-state index in [-0.39, 0.29) is 24.6 Å². The summed E-state index contributed by atoms with van der Waals surface area (Å²) in [4.78, 5) is 13.3. The fourth-order valence-electron chi connectivity index (χ4n) is 1.83. The lowest BCUT2D eigenvalue weighted by atomic mass is 10.1. The van der Waals surface area contributed by atoms with Crippen molar-refractivity contribution in [1.82, 2.24) is 10.2 Å². The number of amides is 1. The van der Waals surface area contributed by atoms with E-state index in [2.05, 4.69) is 11.2 Å². The Morgan fingerprint density at radius 2 is 2.05 bits per heavy atom. The topological polar surface area (TPSA) is 32.3 Å². The molecule has 1 unspecified atom stereocenters. The highest BCUT2D eigenvalue weighted by atomic mass is 19.4. The van der Waals surface area contributed by atoms with E-state index >= 15 is 0 Å². The van der Waals surface area contributed by atoms with Gasteiger partial charge in [-0.15, -0.1) is 6.42 Å². The normalized spacial score (nSPS) is 12.8. The van der Waals surface area contributed by atoms with Crippen molar-refractivity contribution in [2.45, 2.75) is 25.7 Å². The molecule has 0 saturated carbocycles. The average molecular weight is 298 g/mol. The molecule has 1 rings (SSSR count). The Morgan fingerprint density at radius 3 is 2.62 bits per heavy atom. The Hall–Kier alpha value is -2.00. The highest BCUT2D eigenvalue weighted by molar-refractivity contribution is 5.81. The highest BCUT2D eigenvalue weighted by Crippen LogP contribution is 2.32. The van der Waals surface area contributed by atoms with E-state index in [1.54, 1.807) is 20.0 Å². The first kappa shape index (κ1) is 17.1. The fraction of sp³-hybridized carbons (Fsp3) is 0.400. The second-order valence-corrected chi connectivity index (χ2v) is 4.67. The molecule has 0 spiro atoms. The molecule has 21 heavy (non-hydrogen) atoms. The molecule has 0 heterocycles. The first-order valence-corrected chi connectivity index (χ1v) is 6.34. The van der Waals surface area contributed by atoms with Gasteiger partial charge in [0, 0.05) is 6.54 Å². The summed E-state index contributed by atoms with van der Waals surface area (Å²) >= 11 is 0. The first-order valence-electron chi connectivity index (χ1n) is 6.34. The molecule has 1 N–H and O–H groups in total. The summed E-state index contributed by atoms with van der Waals surface area (Å²) in [5.74, 6) is 1.95. The van der Waals surface area contributed by atoms with Crippen molar-refractivity contribution >= 4 is 5.91 Å². The largest absolute Gasteiger partial charge is 0.416 e. The van der Waals surface area contributed by atoms with Gasteiger partial charge in [0.05, 0.1) is 18.2 Å². The van der Waals surface area contributed by atoms with Gasteiger partial charge in [0.15, 0.2) is 0 Å². The molecule has 114 valence electrons. The molecule has 0 aromatic heterocycles. The van der Waals surface area contributed by atoms with Gasteiger partial charge in [0.1, 0.15) is 0 Å². The maximum Gasteiger partial charge on any atom is 0.416 e. The molecule has 0 aliphatic rings. The number of hydrogen-bond donors (Lipinski definition) is 1. The van der Waals surface area contributed by atoms with Crippen LogP contribution in [0.1, 0.15) is 18.1 Å². The van der Waals surface area contributed by atoms with E-state index in [9.17, 15) is 18.0 Å². The second-order valence-electron chi connectivity index (χ2n) is 4.67. The highest BCUT2D eigenvalue weighted by Gasteiger charge is 2.33. The third-order valence-electron chi connectivity index (χ3n) is 3.15. The van der Waals surface area contributed by atoms with Gasteiger partial charge < -0.3 is 5.32 Å². The number of nitrogens with one attached hydrogen (secondary N) is 1. The lowest BCUT2D eigenvalue weighted by molar-refractivity contribution is -0.138. The molecule has 0 bridgehead atoms. The van der Waals surface area contributed by atoms with E-state index in [0.717, 1.165) is 6.07 Å². The standard InChI is InChI=1S/C15H17F3N2O/c1-4-9-19-14(21)11(2)20(3)10-12-7-5-6-8-13(12)15(16,17)18/h1,5-8,11H,9-10H2,2-3H3,(H,19,21). The Labute approximate surface area is 122 Å². The molecule has 0 radical (unpaired) electrons. The Morgan fingerprint density at radius 1 is 1.43 bits per heavy atom. The monoisotopic (exact) mass is 298 g/mol. The van der Waals surface area contributed by atoms with Gasteiger partial charge in [-0.1, -0.05) is 24.1 Å². The zero-order chi connectivity index (χ0) is 16.0. The van der Waals surface area contributed by atoms with Crippen LogP contribution in [0.5, 0.6) is 0 Å². The minimum atomic E-state index is -4.41. The summed E-state index contributed by atoms with van der Waals surface area (Å²) < 4.78 is 38.7. The molecule has 0 aliphatic heterocycles. The summed E-state index contributed by atoms with van der Waals surface area (Å²) in [5, 5.41) is 2.50. The van der Waals surface area contributed by atoms with Gasteiger partial charge in [-0.2, -0.15) is 13.2 Å². The van der Waals surface area contributed by atoms with E-state index in [0.29, 0.717) is 0 Å². The minimum Gasteiger partial charge on any atom is -0.344 e. The SMILES string of the molecule is C#CCNC(=O)C(C)N(C)Cc1ccccc1C(F)(F)F. The van der Waals surface area contributed by atoms with Gasteiger partial charge in [-0.3, -0.25) is 9.69 Å². The van der Waals surface area contributed by atoms with Crippen molar-refractivity contribution in [2.75, 3.05) is 13.6 Å². The van der Waals surface area contributed by atoms with Gasteiger partial charge in [-0.05, 0) is 25.6 Å². The van der Waals surface area contributed by atoms with Crippen molar-refractivity contribution in [1.29, 1.82) is 0 Å². The summed E-state index contributed by atoms with van der Waals surface area (Å²) in [5.41, 5.74) is -0.558. The molecular weight excluding hydrogens is 281 g/mol. The van der Waals surface area contributed by atoms with Crippen molar-refractivity contribution in [3.8, 4) is 12.3 Å². The Kier molecular flexibility index (Phi) is 5.79. The smallest absolute Gasteiger partial charge is 0.344 e. The summed E-state index contributed by atoms with van der Waals surface area (Å²) in [7, 11) is 1.59. The number of terminal acetylenes is 1. The lowest BCUT2D eigenvalue weighted by Crippen LogP contribution is -2.43. The summed E-state index contributed by atoms with van der Waals surface area (Å²) in [6, 6.07) is 4.74. The van der Waals surface area contributed by atoms with Gasteiger partial charge in [0.25, 0.3) is 0 Å². The Balaban J connectivity index is 2.82. The quantitative estimate of drug-likeness (QED) is 0.846. The maximum absolute atomic E-state index is 12.9. The zero-order valence-electron chi connectivity index (χ0n) is 11.9. The lowest BCUT2D eigenvalue weighted by Gasteiger charge is -2.25.